The van der Waals surface area contributed by atoms with Gasteiger partial charge in [-0.3, -0.25) is 4.68 Å². The minimum absolute atomic E-state index is 0.116. The second kappa shape index (κ2) is 4.23. The van der Waals surface area contributed by atoms with E-state index < -0.39 is 0 Å². The number of nitrogens with zero attached hydrogens (tertiary/aromatic N) is 2. The van der Waals surface area contributed by atoms with E-state index >= 15 is 0 Å². The quantitative estimate of drug-likeness (QED) is 0.691. The third-order valence-corrected chi connectivity index (χ3v) is 3.34. The zero-order valence-corrected chi connectivity index (χ0v) is 9.19. The molecule has 0 aromatic carbocycles. The summed E-state index contributed by atoms with van der Waals surface area (Å²) in [6, 6.07) is 0.116. The molecule has 15 heavy (non-hydrogen) atoms. The molecule has 0 saturated heterocycles. The molecular weight excluding hydrogens is 190 g/mol. The Morgan fingerprint density at radius 3 is 2.80 bits per heavy atom. The maximum atomic E-state index is 10.0. The third-order valence-electron chi connectivity index (χ3n) is 3.34. The summed E-state index contributed by atoms with van der Waals surface area (Å²) in [5.41, 5.74) is 7.45. The highest BCUT2D eigenvalue weighted by atomic mass is 16.3. The second-order valence-electron chi connectivity index (χ2n) is 4.40. The lowest BCUT2D eigenvalue weighted by atomic mass is 10.1. The van der Waals surface area contributed by atoms with Gasteiger partial charge in [0.2, 0.25) is 0 Å². The number of aliphatic hydroxyl groups excluding tert-OH is 1. The van der Waals surface area contributed by atoms with E-state index in [1.165, 1.54) is 12.8 Å². The summed E-state index contributed by atoms with van der Waals surface area (Å²) in [6.45, 7) is 1.96. The Hall–Kier alpha value is -1.03. The molecule has 0 radical (unpaired) electrons. The fraction of sp³-hybridized carbons (Fsp3) is 0.727. The predicted octanol–water partition coefficient (Wildman–Crippen LogP) is 1.64. The van der Waals surface area contributed by atoms with Crippen molar-refractivity contribution < 1.29 is 5.11 Å². The highest BCUT2D eigenvalue weighted by Gasteiger charge is 2.25. The van der Waals surface area contributed by atoms with E-state index in [9.17, 15) is 5.11 Å². The van der Waals surface area contributed by atoms with Crippen LogP contribution in [-0.4, -0.2) is 21.0 Å². The van der Waals surface area contributed by atoms with Gasteiger partial charge in [0.15, 0.2) is 0 Å². The third kappa shape index (κ3) is 2.00. The number of nitrogens with two attached hydrogens (primary N) is 1. The standard InChI is InChI=1S/C11H19N3O/c1-8-9(12)7-13-14(8)10-5-3-2-4-6-11(10)15/h7,10-11,15H,2-6,12H2,1H3. The average molecular weight is 209 g/mol. The van der Waals surface area contributed by atoms with Crippen molar-refractivity contribution in [1.29, 1.82) is 0 Å². The fourth-order valence-corrected chi connectivity index (χ4v) is 2.32. The van der Waals surface area contributed by atoms with Gasteiger partial charge in [0.25, 0.3) is 0 Å². The molecule has 4 nitrogen and oxygen atoms in total. The lowest BCUT2D eigenvalue weighted by Gasteiger charge is -2.22. The van der Waals surface area contributed by atoms with E-state index in [0.717, 1.165) is 25.0 Å². The van der Waals surface area contributed by atoms with Crippen LogP contribution in [0.25, 0.3) is 0 Å². The molecule has 0 bridgehead atoms. The summed E-state index contributed by atoms with van der Waals surface area (Å²) >= 11 is 0. The highest BCUT2D eigenvalue weighted by molar-refractivity contribution is 5.39. The molecule has 1 heterocycles. The SMILES string of the molecule is Cc1c(N)cnn1C1CCCCCC1O. The second-order valence-corrected chi connectivity index (χ2v) is 4.40. The lowest BCUT2D eigenvalue weighted by molar-refractivity contribution is 0.0980. The summed E-state index contributed by atoms with van der Waals surface area (Å²) in [4.78, 5) is 0. The first-order chi connectivity index (χ1) is 7.20. The Balaban J connectivity index is 2.24. The van der Waals surface area contributed by atoms with Crippen molar-refractivity contribution in [1.82, 2.24) is 9.78 Å². The van der Waals surface area contributed by atoms with Crippen molar-refractivity contribution >= 4 is 5.69 Å². The molecule has 1 aromatic heterocycles. The van der Waals surface area contributed by atoms with Crippen molar-refractivity contribution in [3.8, 4) is 0 Å². The maximum Gasteiger partial charge on any atom is 0.0782 e. The van der Waals surface area contributed by atoms with Gasteiger partial charge in [0.1, 0.15) is 0 Å². The van der Waals surface area contributed by atoms with Crippen molar-refractivity contribution in [2.75, 3.05) is 5.73 Å². The Kier molecular flexibility index (Phi) is 2.95. The molecule has 4 heteroatoms. The fourth-order valence-electron chi connectivity index (χ4n) is 2.32. The van der Waals surface area contributed by atoms with Crippen LogP contribution in [0.5, 0.6) is 0 Å². The molecule has 2 rings (SSSR count). The van der Waals surface area contributed by atoms with E-state index in [4.69, 9.17) is 5.73 Å². The van der Waals surface area contributed by atoms with Crippen molar-refractivity contribution in [3.05, 3.63) is 11.9 Å². The molecule has 3 N–H and O–H groups in total. The molecule has 1 aromatic rings. The van der Waals surface area contributed by atoms with Crippen molar-refractivity contribution in [3.63, 3.8) is 0 Å². The largest absolute Gasteiger partial charge is 0.396 e. The van der Waals surface area contributed by atoms with Crippen LogP contribution in [0.15, 0.2) is 6.20 Å². The van der Waals surface area contributed by atoms with E-state index in [1.807, 2.05) is 11.6 Å². The zero-order chi connectivity index (χ0) is 10.8. The number of aromatic nitrogens is 2. The van der Waals surface area contributed by atoms with Gasteiger partial charge in [0.05, 0.1) is 29.7 Å². The van der Waals surface area contributed by atoms with Gasteiger partial charge in [-0.1, -0.05) is 19.3 Å². The number of rotatable bonds is 1. The number of nitrogen functional groups attached to an aromatic ring is 1. The number of hydrogen-bond acceptors (Lipinski definition) is 3. The maximum absolute atomic E-state index is 10.0. The van der Waals surface area contributed by atoms with E-state index in [-0.39, 0.29) is 12.1 Å². The van der Waals surface area contributed by atoms with Gasteiger partial charge in [-0.2, -0.15) is 5.10 Å². The Morgan fingerprint density at radius 2 is 2.13 bits per heavy atom. The summed E-state index contributed by atoms with van der Waals surface area (Å²) in [5.74, 6) is 0. The molecule has 84 valence electrons. The van der Waals surface area contributed by atoms with Gasteiger partial charge in [-0.05, 0) is 19.8 Å². The Labute approximate surface area is 90.1 Å². The molecule has 1 fully saturated rings. The van der Waals surface area contributed by atoms with Gasteiger partial charge >= 0.3 is 0 Å². The minimum Gasteiger partial charge on any atom is -0.396 e. The summed E-state index contributed by atoms with van der Waals surface area (Å²) < 4.78 is 1.89. The summed E-state index contributed by atoms with van der Waals surface area (Å²) in [7, 11) is 0. The smallest absolute Gasteiger partial charge is 0.0782 e. The molecule has 0 amide bonds. The predicted molar refractivity (Wildman–Crippen MR) is 59.5 cm³/mol. The van der Waals surface area contributed by atoms with Gasteiger partial charge in [-0.25, -0.2) is 0 Å². The first-order valence-corrected chi connectivity index (χ1v) is 5.68. The summed E-state index contributed by atoms with van der Waals surface area (Å²) in [6.07, 6.45) is 6.78. The van der Waals surface area contributed by atoms with Crippen LogP contribution in [0.3, 0.4) is 0 Å². The molecule has 2 unspecified atom stereocenters. The highest BCUT2D eigenvalue weighted by Crippen LogP contribution is 2.29. The van der Waals surface area contributed by atoms with Gasteiger partial charge in [0, 0.05) is 0 Å². The summed E-state index contributed by atoms with van der Waals surface area (Å²) in [5, 5.41) is 14.3. The molecule has 1 saturated carbocycles. The van der Waals surface area contributed by atoms with Crippen LogP contribution < -0.4 is 5.73 Å². The number of anilines is 1. The monoisotopic (exact) mass is 209 g/mol. The van der Waals surface area contributed by atoms with E-state index in [1.54, 1.807) is 6.20 Å². The lowest BCUT2D eigenvalue weighted by Crippen LogP contribution is -2.24. The Morgan fingerprint density at radius 1 is 1.40 bits per heavy atom. The van der Waals surface area contributed by atoms with Crippen LogP contribution >= 0.6 is 0 Å². The van der Waals surface area contributed by atoms with Crippen LogP contribution in [-0.2, 0) is 0 Å². The topological polar surface area (TPSA) is 64.1 Å². The average Bonchev–Trinajstić information content (AvgIpc) is 2.43. The minimum atomic E-state index is -0.273. The number of aliphatic hydroxyl groups is 1. The molecule has 2 atom stereocenters. The van der Waals surface area contributed by atoms with Crippen LogP contribution in [0.1, 0.15) is 43.8 Å². The molecule has 0 aliphatic heterocycles. The van der Waals surface area contributed by atoms with E-state index in [2.05, 4.69) is 5.10 Å². The van der Waals surface area contributed by atoms with Crippen LogP contribution in [0.4, 0.5) is 5.69 Å². The zero-order valence-electron chi connectivity index (χ0n) is 9.19. The first kappa shape index (κ1) is 10.5. The molecule has 1 aliphatic rings. The van der Waals surface area contributed by atoms with Gasteiger partial charge < -0.3 is 10.8 Å². The van der Waals surface area contributed by atoms with Crippen LogP contribution in [0, 0.1) is 6.92 Å². The molecule has 1 aliphatic carbocycles. The Bertz CT molecular complexity index is 335. The first-order valence-electron chi connectivity index (χ1n) is 5.68. The number of hydrogen-bond donors (Lipinski definition) is 2. The van der Waals surface area contributed by atoms with E-state index in [0.29, 0.717) is 5.69 Å². The normalized spacial score (nSPS) is 27.6. The van der Waals surface area contributed by atoms with Crippen molar-refractivity contribution in [2.45, 2.75) is 51.2 Å². The molecule has 0 spiro atoms. The van der Waals surface area contributed by atoms with Gasteiger partial charge in [-0.15, -0.1) is 0 Å². The van der Waals surface area contributed by atoms with Crippen molar-refractivity contribution in [2.24, 2.45) is 0 Å². The molecular formula is C11H19N3O. The van der Waals surface area contributed by atoms with Crippen LogP contribution in [0.2, 0.25) is 0 Å².